The predicted molar refractivity (Wildman–Crippen MR) is 98.1 cm³/mol. The third kappa shape index (κ3) is 5.07. The van der Waals surface area contributed by atoms with Crippen LogP contribution >= 0.6 is 0 Å². The first-order valence-electron chi connectivity index (χ1n) is 8.51. The molecule has 2 rings (SSSR count). The number of hydrogen-bond acceptors (Lipinski definition) is 8. The summed E-state index contributed by atoms with van der Waals surface area (Å²) in [4.78, 5) is 23.7. The summed E-state index contributed by atoms with van der Waals surface area (Å²) < 4.78 is 78.1. The van der Waals surface area contributed by atoms with Crippen LogP contribution in [0.15, 0.2) is 12.3 Å². The highest BCUT2D eigenvalue weighted by Crippen LogP contribution is 2.40. The maximum Gasteiger partial charge on any atom is 0.534 e. The molecule has 0 spiro atoms. The molecule has 2 heterocycles. The zero-order valence-electron chi connectivity index (χ0n) is 17.0. The molecule has 1 N–H and O–H groups in total. The summed E-state index contributed by atoms with van der Waals surface area (Å²) in [7, 11) is -5.19. The number of ether oxygens (including phenoxy) is 2. The van der Waals surface area contributed by atoms with Crippen molar-refractivity contribution >= 4 is 27.6 Å². The summed E-state index contributed by atoms with van der Waals surface area (Å²) in [5.74, 6) is -3.53. The van der Waals surface area contributed by atoms with Crippen LogP contribution in [-0.2, 0) is 24.4 Å². The molecular weight excluding hydrogens is 449 g/mol. The lowest BCUT2D eigenvalue weighted by Crippen LogP contribution is -2.31. The number of halogens is 3. The van der Waals surface area contributed by atoms with E-state index in [-0.39, 0.29) is 11.1 Å². The number of aryl methyl sites for hydroxylation is 1. The fourth-order valence-corrected chi connectivity index (χ4v) is 3.08. The lowest BCUT2D eigenvalue weighted by molar-refractivity contribution is -0.164. The first-order valence-corrected chi connectivity index (χ1v) is 9.92. The number of esters is 1. The summed E-state index contributed by atoms with van der Waals surface area (Å²) in [6.07, 6.45) is -0.511. The van der Waals surface area contributed by atoms with Gasteiger partial charge in [0.1, 0.15) is 5.52 Å². The van der Waals surface area contributed by atoms with Gasteiger partial charge in [-0.2, -0.15) is 26.7 Å². The molecule has 10 nitrogen and oxygen atoms in total. The smallest absolute Gasteiger partial charge is 0.476 e. The summed E-state index contributed by atoms with van der Waals surface area (Å²) in [6.45, 7) is 5.97. The molecule has 172 valence electrons. The van der Waals surface area contributed by atoms with Crippen LogP contribution in [0.1, 0.15) is 48.5 Å². The van der Waals surface area contributed by atoms with Crippen molar-refractivity contribution < 1.29 is 49.9 Å². The Labute approximate surface area is 174 Å². The number of nitrogens with zero attached hydrogens (tertiary/aromatic N) is 2. The summed E-state index contributed by atoms with van der Waals surface area (Å²) in [5.41, 5.74) is -8.23. The second-order valence-corrected chi connectivity index (χ2v) is 8.87. The molecule has 0 aliphatic carbocycles. The van der Waals surface area contributed by atoms with Crippen molar-refractivity contribution in [3.8, 4) is 5.75 Å². The molecule has 0 saturated carbocycles. The van der Waals surface area contributed by atoms with E-state index in [0.717, 1.165) is 17.7 Å². The Morgan fingerprint density at radius 3 is 2.26 bits per heavy atom. The van der Waals surface area contributed by atoms with Gasteiger partial charge in [0.05, 0.1) is 12.7 Å². The van der Waals surface area contributed by atoms with Gasteiger partial charge in [-0.25, -0.2) is 14.1 Å². The zero-order valence-corrected chi connectivity index (χ0v) is 17.8. The highest BCUT2D eigenvalue weighted by Gasteiger charge is 2.50. The van der Waals surface area contributed by atoms with Gasteiger partial charge in [0.25, 0.3) is 0 Å². The number of methoxy groups -OCH3 is 1. The molecule has 31 heavy (non-hydrogen) atoms. The minimum absolute atomic E-state index is 0.0274. The van der Waals surface area contributed by atoms with E-state index >= 15 is 0 Å². The van der Waals surface area contributed by atoms with E-state index in [9.17, 15) is 31.2 Å². The third-order valence-corrected chi connectivity index (χ3v) is 4.75. The Morgan fingerprint density at radius 1 is 1.23 bits per heavy atom. The molecule has 0 aromatic carbocycles. The van der Waals surface area contributed by atoms with Crippen LogP contribution in [0, 0.1) is 6.92 Å². The van der Waals surface area contributed by atoms with E-state index < -0.39 is 56.2 Å². The molecule has 0 fully saturated rings. The Hall–Kier alpha value is -2.87. The Kier molecular flexibility index (Phi) is 6.29. The minimum Gasteiger partial charge on any atom is -0.476 e. The largest absolute Gasteiger partial charge is 0.534 e. The number of rotatable bonds is 6. The van der Waals surface area contributed by atoms with Crippen molar-refractivity contribution in [3.05, 3.63) is 29.1 Å². The van der Waals surface area contributed by atoms with Crippen LogP contribution in [0.4, 0.5) is 13.2 Å². The number of fused-ring (bicyclic) bond motifs is 1. The fourth-order valence-electron chi connectivity index (χ4n) is 2.59. The van der Waals surface area contributed by atoms with Gasteiger partial charge in [-0.15, -0.1) is 0 Å². The quantitative estimate of drug-likeness (QED) is 0.386. The molecule has 1 atom stereocenters. The molecule has 0 aliphatic rings. The standard InChI is InChI=1S/C17H19F3N2O8S/c1-8-7-22-10(6-9(21-22)14(23)24)12(30-31(26,27)17(18,19)20)11(8)13(15(25)28-5)29-16(2,3)4/h6-7,13H,1-5H3,(H,23,24). The van der Waals surface area contributed by atoms with Gasteiger partial charge in [0.15, 0.2) is 17.5 Å². The predicted octanol–water partition coefficient (Wildman–Crippen LogP) is 2.60. The lowest BCUT2D eigenvalue weighted by atomic mass is 10.0. The number of hydrogen-bond donors (Lipinski definition) is 1. The molecule has 1 unspecified atom stereocenters. The van der Waals surface area contributed by atoms with Crippen LogP contribution in [0.2, 0.25) is 0 Å². The topological polar surface area (TPSA) is 134 Å². The monoisotopic (exact) mass is 468 g/mol. The van der Waals surface area contributed by atoms with E-state index in [1.165, 1.54) is 13.1 Å². The average Bonchev–Trinajstić information content (AvgIpc) is 3.01. The Morgan fingerprint density at radius 2 is 1.81 bits per heavy atom. The van der Waals surface area contributed by atoms with Crippen molar-refractivity contribution in [2.45, 2.75) is 44.9 Å². The molecule has 0 amide bonds. The maximum atomic E-state index is 13.0. The van der Waals surface area contributed by atoms with Crippen molar-refractivity contribution in [1.82, 2.24) is 9.61 Å². The molecule has 0 aliphatic heterocycles. The number of aromatic carboxylic acids is 1. The van der Waals surface area contributed by atoms with Crippen molar-refractivity contribution in [2.24, 2.45) is 0 Å². The SMILES string of the molecule is COC(=O)C(OC(C)(C)C)c1c(C)cn2nc(C(=O)O)cc2c1OS(=O)(=O)C(F)(F)F. The number of aromatic nitrogens is 2. The highest BCUT2D eigenvalue weighted by atomic mass is 32.2. The zero-order chi connectivity index (χ0) is 23.9. The van der Waals surface area contributed by atoms with Crippen molar-refractivity contribution in [1.29, 1.82) is 0 Å². The van der Waals surface area contributed by atoms with Crippen LogP contribution < -0.4 is 4.18 Å². The van der Waals surface area contributed by atoms with Crippen LogP contribution in [-0.4, -0.2) is 53.3 Å². The Balaban J connectivity index is 2.92. The van der Waals surface area contributed by atoms with Gasteiger partial charge in [0.2, 0.25) is 0 Å². The molecule has 0 saturated heterocycles. The van der Waals surface area contributed by atoms with Gasteiger partial charge >= 0.3 is 27.6 Å². The van der Waals surface area contributed by atoms with Crippen molar-refractivity contribution in [2.75, 3.05) is 7.11 Å². The number of carboxylic acids is 1. The van der Waals surface area contributed by atoms with Crippen LogP contribution in [0.25, 0.3) is 5.52 Å². The minimum atomic E-state index is -6.20. The number of carbonyl (C=O) groups is 2. The molecule has 0 radical (unpaired) electrons. The van der Waals surface area contributed by atoms with Crippen LogP contribution in [0.3, 0.4) is 0 Å². The summed E-state index contributed by atoms with van der Waals surface area (Å²) in [6, 6.07) is 0.804. The molecule has 14 heteroatoms. The molecule has 2 aromatic heterocycles. The number of carbonyl (C=O) groups excluding carboxylic acids is 1. The first kappa shape index (κ1) is 24.4. The lowest BCUT2D eigenvalue weighted by Gasteiger charge is -2.28. The number of carboxylic acid groups (broad SMARTS) is 1. The van der Waals surface area contributed by atoms with Gasteiger partial charge in [-0.3, -0.25) is 0 Å². The van der Waals surface area contributed by atoms with E-state index in [1.807, 2.05) is 0 Å². The van der Waals surface area contributed by atoms with Gasteiger partial charge in [-0.1, -0.05) is 0 Å². The van der Waals surface area contributed by atoms with E-state index in [1.54, 1.807) is 20.8 Å². The second kappa shape index (κ2) is 8.00. The Bertz CT molecular complexity index is 1130. The molecular formula is C17H19F3N2O8S. The fraction of sp³-hybridized carbons (Fsp3) is 0.471. The number of alkyl halides is 3. The summed E-state index contributed by atoms with van der Waals surface area (Å²) >= 11 is 0. The summed E-state index contributed by atoms with van der Waals surface area (Å²) in [5, 5.41) is 12.8. The normalized spacial score (nSPS) is 13.8. The second-order valence-electron chi connectivity index (χ2n) is 7.34. The van der Waals surface area contributed by atoms with Gasteiger partial charge in [-0.05, 0) is 33.3 Å². The van der Waals surface area contributed by atoms with Gasteiger partial charge < -0.3 is 18.8 Å². The van der Waals surface area contributed by atoms with E-state index in [2.05, 4.69) is 14.0 Å². The average molecular weight is 468 g/mol. The molecule has 2 aromatic rings. The van der Waals surface area contributed by atoms with Crippen molar-refractivity contribution in [3.63, 3.8) is 0 Å². The maximum absolute atomic E-state index is 13.0. The highest BCUT2D eigenvalue weighted by molar-refractivity contribution is 7.88. The first-order chi connectivity index (χ1) is 14.0. The number of pyridine rings is 1. The third-order valence-electron chi connectivity index (χ3n) is 3.80. The van der Waals surface area contributed by atoms with Crippen LogP contribution in [0.5, 0.6) is 5.75 Å². The van der Waals surface area contributed by atoms with E-state index in [4.69, 9.17) is 9.84 Å². The van der Waals surface area contributed by atoms with E-state index in [0.29, 0.717) is 0 Å². The molecule has 0 bridgehead atoms. The van der Waals surface area contributed by atoms with Gasteiger partial charge in [0, 0.05) is 17.8 Å².